The van der Waals surface area contributed by atoms with E-state index in [-0.39, 0.29) is 5.92 Å². The predicted molar refractivity (Wildman–Crippen MR) is 84.3 cm³/mol. The first-order valence-corrected chi connectivity index (χ1v) is 8.17. The lowest BCUT2D eigenvalue weighted by Gasteiger charge is -2.04. The van der Waals surface area contributed by atoms with Crippen molar-refractivity contribution in [2.45, 2.75) is 52.4 Å². The Morgan fingerprint density at radius 2 is 1.43 bits per heavy atom. The standard InChI is InChI=1S/C16H27ClO4/c1-14(2)13-21-16(19)10-9-15(18)20-12-8-6-4-3-5-7-11-17/h9-10,14H,3-8,11-13H2,1-2H3/b10-9+. The predicted octanol–water partition coefficient (Wildman–Crippen LogP) is 3.86. The van der Waals surface area contributed by atoms with Crippen LogP contribution in [0.1, 0.15) is 52.4 Å². The van der Waals surface area contributed by atoms with Crippen molar-refractivity contribution in [1.82, 2.24) is 0 Å². The minimum Gasteiger partial charge on any atom is -0.463 e. The van der Waals surface area contributed by atoms with Gasteiger partial charge in [0.05, 0.1) is 13.2 Å². The van der Waals surface area contributed by atoms with Gasteiger partial charge in [-0.25, -0.2) is 9.59 Å². The summed E-state index contributed by atoms with van der Waals surface area (Å²) in [4.78, 5) is 22.6. The molecule has 0 aliphatic heterocycles. The molecule has 0 atom stereocenters. The summed E-state index contributed by atoms with van der Waals surface area (Å²) >= 11 is 5.59. The number of hydrogen-bond acceptors (Lipinski definition) is 4. The van der Waals surface area contributed by atoms with Crippen LogP contribution in [0, 0.1) is 5.92 Å². The van der Waals surface area contributed by atoms with Crippen molar-refractivity contribution in [2.24, 2.45) is 5.92 Å². The fourth-order valence-corrected chi connectivity index (χ4v) is 1.75. The number of carbonyl (C=O) groups excluding carboxylic acids is 2. The minimum absolute atomic E-state index is 0.277. The van der Waals surface area contributed by atoms with Crippen LogP contribution in [0.2, 0.25) is 0 Å². The molecule has 122 valence electrons. The van der Waals surface area contributed by atoms with Gasteiger partial charge in [0, 0.05) is 18.0 Å². The molecule has 4 nitrogen and oxygen atoms in total. The molecule has 21 heavy (non-hydrogen) atoms. The molecule has 0 aliphatic rings. The first kappa shape index (κ1) is 20.0. The number of unbranched alkanes of at least 4 members (excludes halogenated alkanes) is 5. The van der Waals surface area contributed by atoms with Crippen LogP contribution in [-0.2, 0) is 19.1 Å². The van der Waals surface area contributed by atoms with Crippen molar-refractivity contribution in [2.75, 3.05) is 19.1 Å². The van der Waals surface area contributed by atoms with E-state index in [2.05, 4.69) is 0 Å². The molecule has 0 aromatic heterocycles. The van der Waals surface area contributed by atoms with E-state index in [1.165, 1.54) is 6.42 Å². The lowest BCUT2D eigenvalue weighted by Crippen LogP contribution is -2.08. The molecule has 0 radical (unpaired) electrons. The maximum atomic E-state index is 11.3. The number of hydrogen-bond donors (Lipinski definition) is 0. The summed E-state index contributed by atoms with van der Waals surface area (Å²) in [5, 5.41) is 0. The fraction of sp³-hybridized carbons (Fsp3) is 0.750. The summed E-state index contributed by atoms with van der Waals surface area (Å²) in [5.74, 6) is -0.0129. The van der Waals surface area contributed by atoms with E-state index in [4.69, 9.17) is 21.1 Å². The first-order chi connectivity index (χ1) is 10.1. The second-order valence-corrected chi connectivity index (χ2v) is 5.71. The molecule has 0 spiro atoms. The highest BCUT2D eigenvalue weighted by Crippen LogP contribution is 2.06. The summed E-state index contributed by atoms with van der Waals surface area (Å²) in [6.45, 7) is 4.63. The fourth-order valence-electron chi connectivity index (χ4n) is 1.56. The summed E-state index contributed by atoms with van der Waals surface area (Å²) in [6.07, 6.45) is 8.63. The second kappa shape index (κ2) is 13.9. The first-order valence-electron chi connectivity index (χ1n) is 7.63. The third kappa shape index (κ3) is 15.2. The average molecular weight is 319 g/mol. The molecular formula is C16H27ClO4. The van der Waals surface area contributed by atoms with E-state index in [1.54, 1.807) is 0 Å². The number of halogens is 1. The molecule has 0 N–H and O–H groups in total. The van der Waals surface area contributed by atoms with Gasteiger partial charge in [0.25, 0.3) is 0 Å². The van der Waals surface area contributed by atoms with Crippen LogP contribution < -0.4 is 0 Å². The lowest BCUT2D eigenvalue weighted by atomic mass is 10.1. The molecule has 0 bridgehead atoms. The maximum absolute atomic E-state index is 11.3. The van der Waals surface area contributed by atoms with Crippen molar-refractivity contribution in [3.8, 4) is 0 Å². The van der Waals surface area contributed by atoms with Crippen molar-refractivity contribution in [1.29, 1.82) is 0 Å². The van der Waals surface area contributed by atoms with Gasteiger partial charge in [-0.2, -0.15) is 0 Å². The van der Waals surface area contributed by atoms with Crippen LogP contribution in [0.4, 0.5) is 0 Å². The average Bonchev–Trinajstić information content (AvgIpc) is 2.45. The Hall–Kier alpha value is -1.03. The Morgan fingerprint density at radius 3 is 2.00 bits per heavy atom. The number of alkyl halides is 1. The molecule has 0 saturated carbocycles. The van der Waals surface area contributed by atoms with Gasteiger partial charge in [-0.3, -0.25) is 0 Å². The van der Waals surface area contributed by atoms with E-state index in [0.717, 1.165) is 50.1 Å². The van der Waals surface area contributed by atoms with Crippen LogP contribution >= 0.6 is 11.6 Å². The van der Waals surface area contributed by atoms with E-state index >= 15 is 0 Å². The molecule has 0 aromatic carbocycles. The zero-order valence-electron chi connectivity index (χ0n) is 13.1. The molecule has 0 heterocycles. The van der Waals surface area contributed by atoms with Crippen LogP contribution in [-0.4, -0.2) is 31.0 Å². The highest BCUT2D eigenvalue weighted by atomic mass is 35.5. The van der Waals surface area contributed by atoms with Gasteiger partial charge in [-0.05, 0) is 18.8 Å². The Labute approximate surface area is 132 Å². The highest BCUT2D eigenvalue weighted by Gasteiger charge is 2.02. The SMILES string of the molecule is CC(C)COC(=O)/C=C/C(=O)OCCCCCCCCCl. The van der Waals surface area contributed by atoms with Gasteiger partial charge in [0.2, 0.25) is 0 Å². The molecule has 0 saturated heterocycles. The monoisotopic (exact) mass is 318 g/mol. The van der Waals surface area contributed by atoms with E-state index < -0.39 is 11.9 Å². The normalized spacial score (nSPS) is 11.0. The van der Waals surface area contributed by atoms with E-state index in [1.807, 2.05) is 13.8 Å². The van der Waals surface area contributed by atoms with Gasteiger partial charge >= 0.3 is 11.9 Å². The zero-order valence-corrected chi connectivity index (χ0v) is 13.9. The quantitative estimate of drug-likeness (QED) is 0.237. The van der Waals surface area contributed by atoms with Crippen LogP contribution in [0.5, 0.6) is 0 Å². The largest absolute Gasteiger partial charge is 0.463 e. The molecular weight excluding hydrogens is 292 g/mol. The van der Waals surface area contributed by atoms with Gasteiger partial charge < -0.3 is 9.47 Å². The topological polar surface area (TPSA) is 52.6 Å². The van der Waals surface area contributed by atoms with E-state index in [9.17, 15) is 9.59 Å². The lowest BCUT2D eigenvalue weighted by molar-refractivity contribution is -0.141. The molecule has 0 unspecified atom stereocenters. The summed E-state index contributed by atoms with van der Waals surface area (Å²) < 4.78 is 9.89. The third-order valence-electron chi connectivity index (χ3n) is 2.69. The number of esters is 2. The summed E-state index contributed by atoms with van der Waals surface area (Å²) in [7, 11) is 0. The van der Waals surface area contributed by atoms with Gasteiger partial charge in [-0.1, -0.05) is 39.5 Å². The number of ether oxygens (including phenoxy) is 2. The Morgan fingerprint density at radius 1 is 0.905 bits per heavy atom. The molecule has 0 rings (SSSR count). The van der Waals surface area contributed by atoms with Crippen molar-refractivity contribution >= 4 is 23.5 Å². The Balaban J connectivity index is 3.51. The smallest absolute Gasteiger partial charge is 0.331 e. The Kier molecular flexibility index (Phi) is 13.2. The van der Waals surface area contributed by atoms with Gasteiger partial charge in [-0.15, -0.1) is 11.6 Å². The summed E-state index contributed by atoms with van der Waals surface area (Å²) in [6, 6.07) is 0. The maximum Gasteiger partial charge on any atom is 0.331 e. The minimum atomic E-state index is -0.514. The van der Waals surface area contributed by atoms with Gasteiger partial charge in [0.15, 0.2) is 0 Å². The Bertz CT molecular complexity index is 313. The third-order valence-corrected chi connectivity index (χ3v) is 2.95. The number of rotatable bonds is 12. The molecule has 0 amide bonds. The van der Waals surface area contributed by atoms with Gasteiger partial charge in [0.1, 0.15) is 0 Å². The molecule has 0 fully saturated rings. The van der Waals surface area contributed by atoms with Crippen LogP contribution in [0.15, 0.2) is 12.2 Å². The summed E-state index contributed by atoms with van der Waals surface area (Å²) in [5.41, 5.74) is 0. The molecule has 0 aliphatic carbocycles. The zero-order chi connectivity index (χ0) is 15.9. The highest BCUT2D eigenvalue weighted by molar-refractivity contribution is 6.17. The number of carbonyl (C=O) groups is 2. The second-order valence-electron chi connectivity index (χ2n) is 5.34. The molecule has 0 aromatic rings. The van der Waals surface area contributed by atoms with E-state index in [0.29, 0.717) is 13.2 Å². The van der Waals surface area contributed by atoms with Crippen molar-refractivity contribution in [3.63, 3.8) is 0 Å². The molecule has 5 heteroatoms. The van der Waals surface area contributed by atoms with Crippen LogP contribution in [0.3, 0.4) is 0 Å². The van der Waals surface area contributed by atoms with Crippen molar-refractivity contribution < 1.29 is 19.1 Å². The van der Waals surface area contributed by atoms with Crippen LogP contribution in [0.25, 0.3) is 0 Å². The van der Waals surface area contributed by atoms with Crippen molar-refractivity contribution in [3.05, 3.63) is 12.2 Å².